The number of hydrogen-bond donors (Lipinski definition) is 1. The maximum atomic E-state index is 12.8. The number of nitrogens with one attached hydrogen (secondary N) is 1. The molecule has 0 bridgehead atoms. The number of urea groups is 1. The smallest absolute Gasteiger partial charge is 0.322 e. The second-order valence-electron chi connectivity index (χ2n) is 6.62. The first-order valence-electron chi connectivity index (χ1n) is 8.39. The van der Waals surface area contributed by atoms with Gasteiger partial charge in [-0.2, -0.15) is 0 Å². The van der Waals surface area contributed by atoms with Gasteiger partial charge < -0.3 is 14.8 Å². The predicted octanol–water partition coefficient (Wildman–Crippen LogP) is 3.66. The largest absolute Gasteiger partial charge is 0.334 e. The summed E-state index contributed by atoms with van der Waals surface area (Å²) in [6.07, 6.45) is 5.26. The van der Waals surface area contributed by atoms with E-state index < -0.39 is 0 Å². The monoisotopic (exact) mass is 337 g/mol. The number of pyridine rings is 1. The predicted molar refractivity (Wildman–Crippen MR) is 99.2 cm³/mol. The molecule has 130 valence electrons. The summed E-state index contributed by atoms with van der Waals surface area (Å²) in [6, 6.07) is 9.52. The third kappa shape index (κ3) is 4.15. The van der Waals surface area contributed by atoms with E-state index in [1.807, 2.05) is 46.8 Å². The maximum absolute atomic E-state index is 12.8. The van der Waals surface area contributed by atoms with Crippen molar-refractivity contribution in [3.8, 4) is 0 Å². The van der Waals surface area contributed by atoms with Crippen molar-refractivity contribution in [1.82, 2.24) is 19.4 Å². The number of benzene rings is 1. The molecule has 0 atom stereocenters. The maximum Gasteiger partial charge on any atom is 0.322 e. The van der Waals surface area contributed by atoms with Crippen LogP contribution in [-0.4, -0.2) is 32.0 Å². The normalized spacial score (nSPS) is 11.0. The Morgan fingerprint density at radius 1 is 1.24 bits per heavy atom. The highest BCUT2D eigenvalue weighted by atomic mass is 16.2. The molecular formula is C19H23N5O. The SMILES string of the molecule is CC(C)CN(Cc1ccncc1)C(=O)Nc1ccc2c(c1)ncn2C. The molecule has 0 unspecified atom stereocenters. The van der Waals surface area contributed by atoms with Crippen molar-refractivity contribution in [1.29, 1.82) is 0 Å². The van der Waals surface area contributed by atoms with Gasteiger partial charge in [-0.1, -0.05) is 13.8 Å². The molecule has 2 heterocycles. The number of carbonyl (C=O) groups excluding carboxylic acids is 1. The van der Waals surface area contributed by atoms with Crippen LogP contribution in [0.5, 0.6) is 0 Å². The first kappa shape index (κ1) is 17.0. The zero-order valence-electron chi connectivity index (χ0n) is 14.8. The van der Waals surface area contributed by atoms with Gasteiger partial charge in [0.15, 0.2) is 0 Å². The lowest BCUT2D eigenvalue weighted by Gasteiger charge is -2.25. The number of carbonyl (C=O) groups is 1. The number of aryl methyl sites for hydroxylation is 1. The first-order valence-corrected chi connectivity index (χ1v) is 8.39. The van der Waals surface area contributed by atoms with Gasteiger partial charge in [0.25, 0.3) is 0 Å². The molecule has 6 nitrogen and oxygen atoms in total. The number of aromatic nitrogens is 3. The molecule has 0 aliphatic carbocycles. The fourth-order valence-electron chi connectivity index (χ4n) is 2.79. The molecule has 2 aromatic heterocycles. The Kier molecular flexibility index (Phi) is 4.97. The Balaban J connectivity index is 1.76. The average Bonchev–Trinajstić information content (AvgIpc) is 2.95. The number of anilines is 1. The van der Waals surface area contributed by atoms with Crippen molar-refractivity contribution in [3.05, 3.63) is 54.6 Å². The van der Waals surface area contributed by atoms with E-state index in [4.69, 9.17) is 0 Å². The quantitative estimate of drug-likeness (QED) is 0.773. The van der Waals surface area contributed by atoms with Gasteiger partial charge >= 0.3 is 6.03 Å². The third-order valence-corrected chi connectivity index (χ3v) is 3.97. The van der Waals surface area contributed by atoms with E-state index in [0.29, 0.717) is 19.0 Å². The van der Waals surface area contributed by atoms with Crippen molar-refractivity contribution < 1.29 is 4.79 Å². The molecular weight excluding hydrogens is 314 g/mol. The summed E-state index contributed by atoms with van der Waals surface area (Å²) in [4.78, 5) is 23.0. The van der Waals surface area contributed by atoms with Crippen LogP contribution in [0.25, 0.3) is 11.0 Å². The lowest BCUT2D eigenvalue weighted by atomic mass is 10.2. The van der Waals surface area contributed by atoms with Crippen LogP contribution in [0.4, 0.5) is 10.5 Å². The highest BCUT2D eigenvalue weighted by Gasteiger charge is 2.16. The first-order chi connectivity index (χ1) is 12.0. The molecule has 3 aromatic rings. The van der Waals surface area contributed by atoms with E-state index in [2.05, 4.69) is 29.1 Å². The van der Waals surface area contributed by atoms with Crippen molar-refractivity contribution in [2.45, 2.75) is 20.4 Å². The lowest BCUT2D eigenvalue weighted by molar-refractivity contribution is 0.201. The summed E-state index contributed by atoms with van der Waals surface area (Å²) in [5.41, 5.74) is 3.71. The van der Waals surface area contributed by atoms with E-state index in [1.54, 1.807) is 18.7 Å². The molecule has 0 aliphatic heterocycles. The zero-order chi connectivity index (χ0) is 17.8. The summed E-state index contributed by atoms with van der Waals surface area (Å²) < 4.78 is 1.95. The lowest BCUT2D eigenvalue weighted by Crippen LogP contribution is -2.37. The van der Waals surface area contributed by atoms with E-state index in [1.165, 1.54) is 0 Å². The van der Waals surface area contributed by atoms with E-state index in [-0.39, 0.29) is 6.03 Å². The molecule has 25 heavy (non-hydrogen) atoms. The van der Waals surface area contributed by atoms with E-state index in [0.717, 1.165) is 22.3 Å². The fraction of sp³-hybridized carbons (Fsp3) is 0.316. The molecule has 0 spiro atoms. The molecule has 3 rings (SSSR count). The summed E-state index contributed by atoms with van der Waals surface area (Å²) in [6.45, 7) is 5.44. The Labute approximate surface area is 147 Å². The minimum Gasteiger partial charge on any atom is -0.334 e. The highest BCUT2D eigenvalue weighted by molar-refractivity contribution is 5.92. The molecule has 0 aliphatic rings. The van der Waals surface area contributed by atoms with Gasteiger partial charge in [-0.25, -0.2) is 9.78 Å². The summed E-state index contributed by atoms with van der Waals surface area (Å²) in [5.74, 6) is 0.380. The fourth-order valence-corrected chi connectivity index (χ4v) is 2.79. The molecule has 0 saturated heterocycles. The molecule has 0 fully saturated rings. The number of rotatable bonds is 5. The number of fused-ring (bicyclic) bond motifs is 1. The summed E-state index contributed by atoms with van der Waals surface area (Å²) >= 11 is 0. The topological polar surface area (TPSA) is 63.1 Å². The summed E-state index contributed by atoms with van der Waals surface area (Å²) in [5, 5.41) is 2.99. The standard InChI is InChI=1S/C19H23N5O/c1-14(2)11-24(12-15-6-8-20-9-7-15)19(25)22-16-4-5-18-17(10-16)21-13-23(18)3/h4-10,13-14H,11-12H2,1-3H3,(H,22,25). The van der Waals surface area contributed by atoms with Crippen LogP contribution in [0.3, 0.4) is 0 Å². The van der Waals surface area contributed by atoms with Gasteiger partial charge in [0.1, 0.15) is 0 Å². The number of amides is 2. The van der Waals surface area contributed by atoms with Gasteiger partial charge in [0.2, 0.25) is 0 Å². The third-order valence-electron chi connectivity index (χ3n) is 3.97. The van der Waals surface area contributed by atoms with Crippen LogP contribution >= 0.6 is 0 Å². The van der Waals surface area contributed by atoms with Crippen molar-refractivity contribution in [3.63, 3.8) is 0 Å². The van der Waals surface area contributed by atoms with Crippen molar-refractivity contribution in [2.75, 3.05) is 11.9 Å². The van der Waals surface area contributed by atoms with E-state index >= 15 is 0 Å². The minimum absolute atomic E-state index is 0.110. The number of imidazole rings is 1. The molecule has 1 N–H and O–H groups in total. The Bertz CT molecular complexity index is 857. The molecule has 2 amide bonds. The second-order valence-corrected chi connectivity index (χ2v) is 6.62. The Morgan fingerprint density at radius 2 is 2.00 bits per heavy atom. The van der Waals surface area contributed by atoms with Crippen LogP contribution in [0.1, 0.15) is 19.4 Å². The second kappa shape index (κ2) is 7.34. The number of hydrogen-bond acceptors (Lipinski definition) is 3. The zero-order valence-corrected chi connectivity index (χ0v) is 14.8. The molecule has 1 aromatic carbocycles. The van der Waals surface area contributed by atoms with Crippen LogP contribution in [0.15, 0.2) is 49.1 Å². The minimum atomic E-state index is -0.110. The van der Waals surface area contributed by atoms with Gasteiger partial charge in [-0.3, -0.25) is 4.98 Å². The van der Waals surface area contributed by atoms with Crippen LogP contribution in [0, 0.1) is 5.92 Å². The van der Waals surface area contributed by atoms with Gasteiger partial charge in [-0.15, -0.1) is 0 Å². The number of nitrogens with zero attached hydrogens (tertiary/aromatic N) is 4. The molecule has 0 saturated carbocycles. The van der Waals surface area contributed by atoms with Crippen LogP contribution in [0.2, 0.25) is 0 Å². The molecule has 6 heteroatoms. The van der Waals surface area contributed by atoms with Gasteiger partial charge in [0, 0.05) is 38.2 Å². The molecule has 0 radical (unpaired) electrons. The average molecular weight is 337 g/mol. The van der Waals surface area contributed by atoms with Crippen LogP contribution in [-0.2, 0) is 13.6 Å². The highest BCUT2D eigenvalue weighted by Crippen LogP contribution is 2.18. The Hall–Kier alpha value is -2.89. The van der Waals surface area contributed by atoms with Crippen molar-refractivity contribution >= 4 is 22.8 Å². The van der Waals surface area contributed by atoms with Gasteiger partial charge in [0.05, 0.1) is 17.4 Å². The van der Waals surface area contributed by atoms with Crippen molar-refractivity contribution in [2.24, 2.45) is 13.0 Å². The Morgan fingerprint density at radius 3 is 2.72 bits per heavy atom. The van der Waals surface area contributed by atoms with Crippen LogP contribution < -0.4 is 5.32 Å². The van der Waals surface area contributed by atoms with E-state index in [9.17, 15) is 4.79 Å². The van der Waals surface area contributed by atoms with Gasteiger partial charge in [-0.05, 0) is 41.8 Å². The summed E-state index contributed by atoms with van der Waals surface area (Å²) in [7, 11) is 1.95.